The zero-order valence-electron chi connectivity index (χ0n) is 19.1. The lowest BCUT2D eigenvalue weighted by molar-refractivity contribution is -0.122. The van der Waals surface area contributed by atoms with E-state index in [1.165, 1.54) is 25.3 Å². The smallest absolute Gasteiger partial charge is 0.335 e. The highest BCUT2D eigenvalue weighted by Gasteiger charge is 2.37. The highest BCUT2D eigenvalue weighted by molar-refractivity contribution is 9.10. The van der Waals surface area contributed by atoms with Gasteiger partial charge in [0.25, 0.3) is 11.8 Å². The second kappa shape index (κ2) is 10.5. The zero-order chi connectivity index (χ0) is 26.0. The third-order valence-corrected chi connectivity index (χ3v) is 6.42. The molecule has 3 aromatic carbocycles. The molecule has 1 fully saturated rings. The van der Waals surface area contributed by atoms with Crippen molar-refractivity contribution in [2.24, 2.45) is 0 Å². The highest BCUT2D eigenvalue weighted by Crippen LogP contribution is 2.38. The molecule has 0 unspecified atom stereocenters. The number of nitrogens with zero attached hydrogens (tertiary/aromatic N) is 1. The van der Waals surface area contributed by atoms with Gasteiger partial charge < -0.3 is 9.47 Å². The Morgan fingerprint density at radius 2 is 1.86 bits per heavy atom. The predicted molar refractivity (Wildman–Crippen MR) is 137 cm³/mol. The van der Waals surface area contributed by atoms with Crippen LogP contribution in [0.25, 0.3) is 6.08 Å². The predicted octanol–water partition coefficient (Wildman–Crippen LogP) is 5.80. The van der Waals surface area contributed by atoms with Crippen molar-refractivity contribution in [2.75, 3.05) is 12.0 Å². The van der Waals surface area contributed by atoms with Crippen molar-refractivity contribution in [1.29, 1.82) is 0 Å². The van der Waals surface area contributed by atoms with Gasteiger partial charge in [0, 0.05) is 5.02 Å². The van der Waals surface area contributed by atoms with Crippen molar-refractivity contribution >= 4 is 57.1 Å². The summed E-state index contributed by atoms with van der Waals surface area (Å²) in [6, 6.07) is 13.2. The number of barbiturate groups is 1. The maximum atomic E-state index is 13.5. The molecule has 0 atom stereocenters. The van der Waals surface area contributed by atoms with Crippen LogP contribution in [0.15, 0.2) is 64.6 Å². The Morgan fingerprint density at radius 1 is 1.11 bits per heavy atom. The van der Waals surface area contributed by atoms with Gasteiger partial charge in [-0.1, -0.05) is 29.8 Å². The SMILES string of the molecule is COc1cc(/C=C2\C(=O)NC(=O)N(c3cccc(Cl)c3C)C2=O)cc(Br)c1OCc1cccc(F)c1. The number of amides is 4. The fraction of sp³-hybridized carbons (Fsp3) is 0.115. The fourth-order valence-corrected chi connectivity index (χ4v) is 4.37. The molecule has 1 aliphatic heterocycles. The van der Waals surface area contributed by atoms with E-state index in [4.69, 9.17) is 21.1 Å². The summed E-state index contributed by atoms with van der Waals surface area (Å²) >= 11 is 9.59. The third kappa shape index (κ3) is 5.12. The molecule has 0 bridgehead atoms. The van der Waals surface area contributed by atoms with Crippen LogP contribution in [0.4, 0.5) is 14.9 Å². The molecular formula is C26H19BrClFN2O5. The average Bonchev–Trinajstić information content (AvgIpc) is 2.83. The lowest BCUT2D eigenvalue weighted by atomic mass is 10.1. The van der Waals surface area contributed by atoms with Crippen LogP contribution < -0.4 is 19.7 Å². The Morgan fingerprint density at radius 3 is 2.58 bits per heavy atom. The molecule has 7 nitrogen and oxygen atoms in total. The first kappa shape index (κ1) is 25.4. The monoisotopic (exact) mass is 572 g/mol. The van der Waals surface area contributed by atoms with Crippen LogP contribution in [0.3, 0.4) is 0 Å². The summed E-state index contributed by atoms with van der Waals surface area (Å²) in [6.07, 6.45) is 1.35. The van der Waals surface area contributed by atoms with Crippen LogP contribution in [0.5, 0.6) is 11.5 Å². The Kier molecular flexibility index (Phi) is 7.42. The summed E-state index contributed by atoms with van der Waals surface area (Å²) < 4.78 is 25.2. The number of hydrogen-bond donors (Lipinski definition) is 1. The number of imide groups is 2. The number of rotatable bonds is 6. The van der Waals surface area contributed by atoms with Gasteiger partial charge in [-0.15, -0.1) is 0 Å². The molecule has 184 valence electrons. The number of methoxy groups -OCH3 is 1. The quantitative estimate of drug-likeness (QED) is 0.297. The minimum absolute atomic E-state index is 0.0874. The van der Waals surface area contributed by atoms with E-state index < -0.39 is 17.8 Å². The molecule has 1 N–H and O–H groups in total. The molecule has 0 saturated carbocycles. The molecular weight excluding hydrogens is 555 g/mol. The Balaban J connectivity index is 1.66. The third-order valence-electron chi connectivity index (χ3n) is 5.42. The molecule has 10 heteroatoms. The molecule has 1 aliphatic rings. The molecule has 1 saturated heterocycles. The first-order chi connectivity index (χ1) is 17.2. The van der Waals surface area contributed by atoms with E-state index in [9.17, 15) is 18.8 Å². The van der Waals surface area contributed by atoms with E-state index in [1.807, 2.05) is 0 Å². The molecule has 3 aromatic rings. The van der Waals surface area contributed by atoms with Gasteiger partial charge >= 0.3 is 6.03 Å². The number of nitrogens with one attached hydrogen (secondary N) is 1. The minimum atomic E-state index is -0.868. The van der Waals surface area contributed by atoms with Gasteiger partial charge in [0.05, 0.1) is 17.3 Å². The van der Waals surface area contributed by atoms with Crippen molar-refractivity contribution < 1.29 is 28.2 Å². The number of urea groups is 1. The van der Waals surface area contributed by atoms with Gasteiger partial charge in [-0.3, -0.25) is 14.9 Å². The number of hydrogen-bond acceptors (Lipinski definition) is 5. The second-order valence-electron chi connectivity index (χ2n) is 7.79. The van der Waals surface area contributed by atoms with E-state index in [1.54, 1.807) is 49.4 Å². The van der Waals surface area contributed by atoms with Crippen molar-refractivity contribution in [2.45, 2.75) is 13.5 Å². The summed E-state index contributed by atoms with van der Waals surface area (Å²) in [7, 11) is 1.44. The molecule has 1 heterocycles. The number of anilines is 1. The van der Waals surface area contributed by atoms with Crippen LogP contribution in [0.1, 0.15) is 16.7 Å². The van der Waals surface area contributed by atoms with Gasteiger partial charge in [-0.05, 0) is 82.0 Å². The normalized spacial score (nSPS) is 14.8. The Hall–Kier alpha value is -3.69. The Labute approximate surface area is 219 Å². The topological polar surface area (TPSA) is 84.9 Å². The molecule has 4 amide bonds. The van der Waals surface area contributed by atoms with Crippen LogP contribution in [0, 0.1) is 12.7 Å². The number of carbonyl (C=O) groups is 3. The van der Waals surface area contributed by atoms with E-state index in [2.05, 4.69) is 21.2 Å². The van der Waals surface area contributed by atoms with Crippen molar-refractivity contribution in [3.05, 3.63) is 92.2 Å². The maximum Gasteiger partial charge on any atom is 0.335 e. The molecule has 4 rings (SSSR count). The fourth-order valence-electron chi connectivity index (χ4n) is 3.63. The molecule has 0 aliphatic carbocycles. The Bertz CT molecular complexity index is 1430. The lowest BCUT2D eigenvalue weighted by Gasteiger charge is -2.27. The number of ether oxygens (including phenoxy) is 2. The van der Waals surface area contributed by atoms with E-state index in [0.717, 1.165) is 4.90 Å². The molecule has 0 radical (unpaired) electrons. The summed E-state index contributed by atoms with van der Waals surface area (Å²) in [5, 5.41) is 2.56. The van der Waals surface area contributed by atoms with E-state index in [-0.39, 0.29) is 23.7 Å². The van der Waals surface area contributed by atoms with Crippen LogP contribution >= 0.6 is 27.5 Å². The van der Waals surface area contributed by atoms with Gasteiger partial charge in [-0.25, -0.2) is 14.1 Å². The molecule has 36 heavy (non-hydrogen) atoms. The van der Waals surface area contributed by atoms with Gasteiger partial charge in [0.15, 0.2) is 11.5 Å². The van der Waals surface area contributed by atoms with Gasteiger partial charge in [0.1, 0.15) is 18.0 Å². The number of benzene rings is 3. The summed E-state index contributed by atoms with van der Waals surface area (Å²) in [5.41, 5.74) is 1.59. The van der Waals surface area contributed by atoms with E-state index >= 15 is 0 Å². The summed E-state index contributed by atoms with van der Waals surface area (Å²) in [5.74, 6) is -1.33. The first-order valence-electron chi connectivity index (χ1n) is 10.6. The van der Waals surface area contributed by atoms with E-state index in [0.29, 0.717) is 37.7 Å². The lowest BCUT2D eigenvalue weighted by Crippen LogP contribution is -2.54. The average molecular weight is 574 g/mol. The number of carbonyl (C=O) groups excluding carboxylic acids is 3. The number of halogens is 3. The molecule has 0 spiro atoms. The van der Waals surface area contributed by atoms with Crippen molar-refractivity contribution in [3.63, 3.8) is 0 Å². The summed E-state index contributed by atoms with van der Waals surface area (Å²) in [4.78, 5) is 39.2. The summed E-state index contributed by atoms with van der Waals surface area (Å²) in [6.45, 7) is 1.76. The minimum Gasteiger partial charge on any atom is -0.493 e. The standard InChI is InChI=1S/C26H19BrClFN2O5/c1-14-20(28)7-4-8-21(14)31-25(33)18(24(32)30-26(31)34)10-16-11-19(27)23(22(12-16)35-2)36-13-15-5-3-6-17(29)9-15/h3-12H,13H2,1-2H3,(H,30,32,34)/b18-10+. The van der Waals surface area contributed by atoms with Gasteiger partial charge in [-0.2, -0.15) is 0 Å². The van der Waals surface area contributed by atoms with Crippen molar-refractivity contribution in [3.8, 4) is 11.5 Å². The van der Waals surface area contributed by atoms with Crippen molar-refractivity contribution in [1.82, 2.24) is 5.32 Å². The van der Waals surface area contributed by atoms with Crippen LogP contribution in [-0.4, -0.2) is 25.0 Å². The largest absolute Gasteiger partial charge is 0.493 e. The van der Waals surface area contributed by atoms with Gasteiger partial charge in [0.2, 0.25) is 0 Å². The first-order valence-corrected chi connectivity index (χ1v) is 11.8. The zero-order valence-corrected chi connectivity index (χ0v) is 21.4. The second-order valence-corrected chi connectivity index (χ2v) is 9.06. The molecule has 0 aromatic heterocycles. The van der Waals surface area contributed by atoms with Crippen LogP contribution in [-0.2, 0) is 16.2 Å². The highest BCUT2D eigenvalue weighted by atomic mass is 79.9. The van der Waals surface area contributed by atoms with Crippen LogP contribution in [0.2, 0.25) is 5.02 Å². The maximum absolute atomic E-state index is 13.5.